The first-order chi connectivity index (χ1) is 6.70. The summed E-state index contributed by atoms with van der Waals surface area (Å²) in [6.07, 6.45) is 0.941. The van der Waals surface area contributed by atoms with Crippen molar-refractivity contribution in [1.82, 2.24) is 5.32 Å². The van der Waals surface area contributed by atoms with Gasteiger partial charge in [-0.15, -0.1) is 11.3 Å². The van der Waals surface area contributed by atoms with Crippen LogP contribution in [0.1, 0.15) is 23.3 Å². The van der Waals surface area contributed by atoms with Crippen molar-refractivity contribution < 1.29 is 9.90 Å². The summed E-state index contributed by atoms with van der Waals surface area (Å²) in [7, 11) is 0. The zero-order valence-corrected chi connectivity index (χ0v) is 9.06. The highest BCUT2D eigenvalue weighted by atomic mass is 32.1. The van der Waals surface area contributed by atoms with Crippen LogP contribution in [0.15, 0.2) is 11.4 Å². The highest BCUT2D eigenvalue weighted by molar-refractivity contribution is 7.10. The van der Waals surface area contributed by atoms with E-state index in [1.807, 2.05) is 0 Å². The van der Waals surface area contributed by atoms with Gasteiger partial charge in [0.05, 0.1) is 0 Å². The van der Waals surface area contributed by atoms with Crippen molar-refractivity contribution in [3.05, 3.63) is 21.9 Å². The van der Waals surface area contributed by atoms with Crippen LogP contribution in [0.2, 0.25) is 0 Å². The fourth-order valence-corrected chi connectivity index (χ4v) is 2.03. The number of hydrogen-bond donors (Lipinski definition) is 2. The Bertz CT molecular complexity index is 296. The second-order valence-corrected chi connectivity index (χ2v) is 4.20. The van der Waals surface area contributed by atoms with Gasteiger partial charge in [0.15, 0.2) is 0 Å². The molecule has 4 heteroatoms. The van der Waals surface area contributed by atoms with Crippen LogP contribution in [-0.2, 0) is 11.3 Å². The van der Waals surface area contributed by atoms with Crippen molar-refractivity contribution in [3.8, 4) is 0 Å². The Kier molecular flexibility index (Phi) is 4.62. The molecule has 0 saturated carbocycles. The lowest BCUT2D eigenvalue weighted by Crippen LogP contribution is -2.15. The maximum atomic E-state index is 10.2. The summed E-state index contributed by atoms with van der Waals surface area (Å²) >= 11 is 1.74. The number of aliphatic carboxylic acids is 1. The molecule has 0 radical (unpaired) electrons. The van der Waals surface area contributed by atoms with E-state index in [9.17, 15) is 4.79 Å². The van der Waals surface area contributed by atoms with Crippen LogP contribution in [0.3, 0.4) is 0 Å². The minimum absolute atomic E-state index is 0.246. The van der Waals surface area contributed by atoms with Gasteiger partial charge in [0, 0.05) is 17.8 Å². The Morgan fingerprint density at radius 1 is 1.64 bits per heavy atom. The molecule has 14 heavy (non-hydrogen) atoms. The maximum Gasteiger partial charge on any atom is 0.303 e. The molecule has 0 fully saturated rings. The third-order valence-corrected chi connectivity index (χ3v) is 3.02. The lowest BCUT2D eigenvalue weighted by molar-refractivity contribution is -0.137. The second-order valence-electron chi connectivity index (χ2n) is 3.20. The predicted octanol–water partition coefficient (Wildman–Crippen LogP) is 2.01. The number of thiophene rings is 1. The van der Waals surface area contributed by atoms with Crippen LogP contribution in [0, 0.1) is 6.92 Å². The van der Waals surface area contributed by atoms with Crippen molar-refractivity contribution in [2.75, 3.05) is 6.54 Å². The van der Waals surface area contributed by atoms with Gasteiger partial charge < -0.3 is 10.4 Å². The van der Waals surface area contributed by atoms with Crippen molar-refractivity contribution in [2.24, 2.45) is 0 Å². The average Bonchev–Trinajstić information content (AvgIpc) is 2.51. The van der Waals surface area contributed by atoms with Crippen molar-refractivity contribution in [3.63, 3.8) is 0 Å². The number of nitrogens with one attached hydrogen (secondary N) is 1. The Labute approximate surface area is 87.8 Å². The standard InChI is InChI=1S/C10H15NO2S/c1-8-4-6-14-9(8)7-11-5-2-3-10(12)13/h4,6,11H,2-3,5,7H2,1H3,(H,12,13). The Morgan fingerprint density at radius 3 is 3.00 bits per heavy atom. The molecule has 0 unspecified atom stereocenters. The van der Waals surface area contributed by atoms with Gasteiger partial charge >= 0.3 is 5.97 Å². The van der Waals surface area contributed by atoms with Gasteiger partial charge in [0.1, 0.15) is 0 Å². The van der Waals surface area contributed by atoms with Crippen LogP contribution in [0.25, 0.3) is 0 Å². The average molecular weight is 213 g/mol. The maximum absolute atomic E-state index is 10.2. The molecule has 0 aliphatic rings. The lowest BCUT2D eigenvalue weighted by atomic mass is 10.3. The molecule has 0 bridgehead atoms. The van der Waals surface area contributed by atoms with E-state index in [0.29, 0.717) is 6.42 Å². The van der Waals surface area contributed by atoms with Crippen LogP contribution in [0.4, 0.5) is 0 Å². The molecule has 0 aromatic carbocycles. The number of carboxylic acid groups (broad SMARTS) is 1. The topological polar surface area (TPSA) is 49.3 Å². The molecule has 78 valence electrons. The van der Waals surface area contributed by atoms with E-state index in [-0.39, 0.29) is 6.42 Å². The number of rotatable bonds is 6. The lowest BCUT2D eigenvalue weighted by Gasteiger charge is -2.02. The summed E-state index contributed by atoms with van der Waals surface area (Å²) < 4.78 is 0. The quantitative estimate of drug-likeness (QED) is 0.711. The summed E-state index contributed by atoms with van der Waals surface area (Å²) in [5.74, 6) is -0.723. The second kappa shape index (κ2) is 5.78. The number of aryl methyl sites for hydroxylation is 1. The molecule has 0 spiro atoms. The molecule has 0 aliphatic heterocycles. The zero-order chi connectivity index (χ0) is 10.4. The highest BCUT2D eigenvalue weighted by Crippen LogP contribution is 2.14. The van der Waals surface area contributed by atoms with Gasteiger partial charge in [0.2, 0.25) is 0 Å². The molecule has 1 aromatic rings. The Morgan fingerprint density at radius 2 is 2.43 bits per heavy atom. The van der Waals surface area contributed by atoms with Crippen molar-refractivity contribution >= 4 is 17.3 Å². The smallest absolute Gasteiger partial charge is 0.303 e. The van der Waals surface area contributed by atoms with E-state index in [1.165, 1.54) is 10.4 Å². The number of carbonyl (C=O) groups is 1. The third kappa shape index (κ3) is 3.89. The zero-order valence-electron chi connectivity index (χ0n) is 8.25. The van der Waals surface area contributed by atoms with Gasteiger partial charge in [-0.05, 0) is 36.9 Å². The molecule has 1 heterocycles. The van der Waals surface area contributed by atoms with Crippen molar-refractivity contribution in [2.45, 2.75) is 26.3 Å². The molecule has 0 aliphatic carbocycles. The summed E-state index contributed by atoms with van der Waals surface area (Å²) in [5, 5.41) is 13.7. The molecular formula is C10H15NO2S. The van der Waals surface area contributed by atoms with Crippen LogP contribution in [0.5, 0.6) is 0 Å². The van der Waals surface area contributed by atoms with Gasteiger partial charge in [-0.25, -0.2) is 0 Å². The molecule has 3 nitrogen and oxygen atoms in total. The normalized spacial score (nSPS) is 10.4. The fourth-order valence-electron chi connectivity index (χ4n) is 1.15. The highest BCUT2D eigenvalue weighted by Gasteiger charge is 1.99. The summed E-state index contributed by atoms with van der Waals surface area (Å²) in [6.45, 7) is 3.71. The van der Waals surface area contributed by atoms with Gasteiger partial charge in [0.25, 0.3) is 0 Å². The summed E-state index contributed by atoms with van der Waals surface area (Å²) in [6, 6.07) is 2.10. The summed E-state index contributed by atoms with van der Waals surface area (Å²) in [4.78, 5) is 11.6. The van der Waals surface area contributed by atoms with Gasteiger partial charge in [-0.2, -0.15) is 0 Å². The molecular weight excluding hydrogens is 198 g/mol. The molecule has 1 rings (SSSR count). The van der Waals surface area contributed by atoms with E-state index >= 15 is 0 Å². The molecule has 0 atom stereocenters. The predicted molar refractivity (Wildman–Crippen MR) is 57.6 cm³/mol. The third-order valence-electron chi connectivity index (χ3n) is 2.00. The Balaban J connectivity index is 2.10. The number of hydrogen-bond acceptors (Lipinski definition) is 3. The van der Waals surface area contributed by atoms with E-state index in [1.54, 1.807) is 11.3 Å². The van der Waals surface area contributed by atoms with Crippen LogP contribution >= 0.6 is 11.3 Å². The largest absolute Gasteiger partial charge is 0.481 e. The number of carboxylic acids is 1. The SMILES string of the molecule is Cc1ccsc1CNCCCC(=O)O. The minimum atomic E-state index is -0.723. The minimum Gasteiger partial charge on any atom is -0.481 e. The first-order valence-electron chi connectivity index (χ1n) is 4.65. The van der Waals surface area contributed by atoms with Gasteiger partial charge in [-0.3, -0.25) is 4.79 Å². The Hall–Kier alpha value is -0.870. The van der Waals surface area contributed by atoms with Crippen LogP contribution < -0.4 is 5.32 Å². The molecule has 2 N–H and O–H groups in total. The fraction of sp³-hybridized carbons (Fsp3) is 0.500. The van der Waals surface area contributed by atoms with E-state index in [0.717, 1.165) is 13.1 Å². The summed E-state index contributed by atoms with van der Waals surface area (Å²) in [5.41, 5.74) is 1.31. The monoisotopic (exact) mass is 213 g/mol. The first kappa shape index (κ1) is 11.2. The van der Waals surface area contributed by atoms with Gasteiger partial charge in [-0.1, -0.05) is 0 Å². The first-order valence-corrected chi connectivity index (χ1v) is 5.53. The van der Waals surface area contributed by atoms with E-state index in [4.69, 9.17) is 5.11 Å². The molecule has 0 saturated heterocycles. The van der Waals surface area contributed by atoms with Crippen LogP contribution in [-0.4, -0.2) is 17.6 Å². The molecule has 0 amide bonds. The van der Waals surface area contributed by atoms with E-state index < -0.39 is 5.97 Å². The van der Waals surface area contributed by atoms with E-state index in [2.05, 4.69) is 23.7 Å². The molecule has 1 aromatic heterocycles. The van der Waals surface area contributed by atoms with Crippen molar-refractivity contribution in [1.29, 1.82) is 0 Å².